The number of esters is 1. The second-order valence-corrected chi connectivity index (χ2v) is 7.74. The van der Waals surface area contributed by atoms with Crippen LogP contribution in [0.3, 0.4) is 0 Å². The molecule has 1 amide bonds. The van der Waals surface area contributed by atoms with Gasteiger partial charge in [-0.1, -0.05) is 35.3 Å². The van der Waals surface area contributed by atoms with Crippen LogP contribution in [-0.2, 0) is 9.53 Å². The Balaban J connectivity index is 1.61. The minimum atomic E-state index is -0.692. The van der Waals surface area contributed by atoms with Crippen LogP contribution in [0.2, 0.25) is 10.0 Å². The van der Waals surface area contributed by atoms with Crippen molar-refractivity contribution < 1.29 is 14.3 Å². The van der Waals surface area contributed by atoms with Crippen molar-refractivity contribution in [2.45, 2.75) is 25.8 Å². The Hall–Kier alpha value is -2.24. The maximum Gasteiger partial charge on any atom is 0.338 e. The molecule has 1 N–H and O–H groups in total. The largest absolute Gasteiger partial charge is 0.462 e. The number of hydrogen-bond donors (Lipinski definition) is 1. The SMILES string of the molecule is CC1(C)Nc2ccccc2N(CCCOC(=O)c2cc(Cl)cc(Cl)c2)C1=O. The number of amides is 1. The van der Waals surface area contributed by atoms with Crippen molar-refractivity contribution in [3.8, 4) is 0 Å². The van der Waals surface area contributed by atoms with Gasteiger partial charge in [0.2, 0.25) is 0 Å². The number of ether oxygens (including phenoxy) is 1. The second-order valence-electron chi connectivity index (χ2n) is 6.87. The summed E-state index contributed by atoms with van der Waals surface area (Å²) in [7, 11) is 0. The fourth-order valence-corrected chi connectivity index (χ4v) is 3.54. The Morgan fingerprint density at radius 2 is 1.81 bits per heavy atom. The number of fused-ring (bicyclic) bond motifs is 1. The molecule has 0 saturated carbocycles. The summed E-state index contributed by atoms with van der Waals surface area (Å²) in [6, 6.07) is 12.2. The smallest absolute Gasteiger partial charge is 0.338 e. The van der Waals surface area contributed by atoms with E-state index in [1.165, 1.54) is 12.1 Å². The first-order valence-corrected chi connectivity index (χ1v) is 9.36. The Labute approximate surface area is 168 Å². The molecular formula is C20H20Cl2N2O3. The molecule has 0 spiro atoms. The average Bonchev–Trinajstić information content (AvgIpc) is 2.60. The van der Waals surface area contributed by atoms with Gasteiger partial charge >= 0.3 is 5.97 Å². The highest BCUT2D eigenvalue weighted by molar-refractivity contribution is 6.35. The molecule has 3 rings (SSSR count). The third-order valence-corrected chi connectivity index (χ3v) is 4.72. The molecule has 2 aromatic rings. The molecule has 1 aliphatic heterocycles. The normalized spacial score (nSPS) is 15.1. The van der Waals surface area contributed by atoms with Crippen molar-refractivity contribution in [2.24, 2.45) is 0 Å². The molecule has 1 heterocycles. The lowest BCUT2D eigenvalue weighted by molar-refractivity contribution is -0.122. The van der Waals surface area contributed by atoms with Crippen LogP contribution in [-0.4, -0.2) is 30.6 Å². The molecule has 0 atom stereocenters. The molecule has 1 aliphatic rings. The number of carbonyl (C=O) groups is 2. The highest BCUT2D eigenvalue weighted by Crippen LogP contribution is 2.35. The molecular weight excluding hydrogens is 387 g/mol. The van der Waals surface area contributed by atoms with Crippen LogP contribution in [0, 0.1) is 0 Å². The van der Waals surface area contributed by atoms with E-state index < -0.39 is 11.5 Å². The summed E-state index contributed by atoms with van der Waals surface area (Å²) >= 11 is 11.8. The fourth-order valence-electron chi connectivity index (χ4n) is 3.02. The molecule has 7 heteroatoms. The van der Waals surface area contributed by atoms with Crippen molar-refractivity contribution in [1.29, 1.82) is 0 Å². The summed E-state index contributed by atoms with van der Waals surface area (Å²) < 4.78 is 5.29. The maximum atomic E-state index is 12.8. The molecule has 0 unspecified atom stereocenters. The van der Waals surface area contributed by atoms with E-state index in [0.29, 0.717) is 28.6 Å². The lowest BCUT2D eigenvalue weighted by atomic mass is 9.98. The molecule has 27 heavy (non-hydrogen) atoms. The molecule has 0 fully saturated rings. The van der Waals surface area contributed by atoms with E-state index in [9.17, 15) is 9.59 Å². The van der Waals surface area contributed by atoms with E-state index >= 15 is 0 Å². The molecule has 0 saturated heterocycles. The predicted molar refractivity (Wildman–Crippen MR) is 108 cm³/mol. The van der Waals surface area contributed by atoms with Crippen molar-refractivity contribution >= 4 is 46.5 Å². The van der Waals surface area contributed by atoms with Gasteiger partial charge in [-0.15, -0.1) is 0 Å². The van der Waals surface area contributed by atoms with Gasteiger partial charge < -0.3 is 15.0 Å². The first-order chi connectivity index (χ1) is 12.8. The summed E-state index contributed by atoms with van der Waals surface area (Å²) in [5.74, 6) is -0.513. The number of halogens is 2. The zero-order chi connectivity index (χ0) is 19.6. The van der Waals surface area contributed by atoms with E-state index in [1.54, 1.807) is 11.0 Å². The maximum absolute atomic E-state index is 12.8. The average molecular weight is 407 g/mol. The van der Waals surface area contributed by atoms with Crippen molar-refractivity contribution in [3.05, 3.63) is 58.1 Å². The van der Waals surface area contributed by atoms with E-state index in [0.717, 1.165) is 11.4 Å². The van der Waals surface area contributed by atoms with Crippen LogP contribution in [0.4, 0.5) is 11.4 Å². The molecule has 0 aliphatic carbocycles. The third kappa shape index (κ3) is 4.37. The lowest BCUT2D eigenvalue weighted by Crippen LogP contribution is -2.54. The van der Waals surface area contributed by atoms with Crippen LogP contribution in [0.5, 0.6) is 0 Å². The van der Waals surface area contributed by atoms with Crippen LogP contribution < -0.4 is 10.2 Å². The first-order valence-electron chi connectivity index (χ1n) is 8.60. The van der Waals surface area contributed by atoms with Crippen molar-refractivity contribution in [1.82, 2.24) is 0 Å². The second kappa shape index (κ2) is 7.79. The molecule has 0 aromatic heterocycles. The predicted octanol–water partition coefficient (Wildman–Crippen LogP) is 4.78. The van der Waals surface area contributed by atoms with E-state index in [4.69, 9.17) is 27.9 Å². The van der Waals surface area contributed by atoms with Crippen molar-refractivity contribution in [2.75, 3.05) is 23.4 Å². The van der Waals surface area contributed by atoms with E-state index in [2.05, 4.69) is 5.32 Å². The Morgan fingerprint density at radius 3 is 2.52 bits per heavy atom. The number of nitrogens with one attached hydrogen (secondary N) is 1. The Bertz CT molecular complexity index is 863. The number of benzene rings is 2. The van der Waals surface area contributed by atoms with Crippen LogP contribution in [0.1, 0.15) is 30.6 Å². The Kier molecular flexibility index (Phi) is 5.63. The van der Waals surface area contributed by atoms with Gasteiger partial charge in [0, 0.05) is 16.6 Å². The minimum absolute atomic E-state index is 0.0193. The zero-order valence-corrected chi connectivity index (χ0v) is 16.6. The first kappa shape index (κ1) is 19.5. The van der Waals surface area contributed by atoms with Gasteiger partial charge in [-0.05, 0) is 50.6 Å². The quantitative estimate of drug-likeness (QED) is 0.573. The van der Waals surface area contributed by atoms with Gasteiger partial charge in [-0.2, -0.15) is 0 Å². The molecule has 0 radical (unpaired) electrons. The molecule has 142 valence electrons. The van der Waals surface area contributed by atoms with Gasteiger partial charge in [-0.25, -0.2) is 4.79 Å². The summed E-state index contributed by atoms with van der Waals surface area (Å²) in [5.41, 5.74) is 1.35. The Morgan fingerprint density at radius 1 is 1.15 bits per heavy atom. The summed E-state index contributed by atoms with van der Waals surface area (Å²) in [4.78, 5) is 26.6. The number of rotatable bonds is 5. The molecule has 5 nitrogen and oxygen atoms in total. The minimum Gasteiger partial charge on any atom is -0.462 e. The molecule has 0 bridgehead atoms. The highest BCUT2D eigenvalue weighted by Gasteiger charge is 2.38. The summed E-state index contributed by atoms with van der Waals surface area (Å²) in [6.07, 6.45) is 0.510. The number of nitrogens with zero attached hydrogens (tertiary/aromatic N) is 1. The molecule has 2 aromatic carbocycles. The lowest BCUT2D eigenvalue weighted by Gasteiger charge is -2.40. The van der Waals surface area contributed by atoms with Gasteiger partial charge in [0.05, 0.1) is 23.5 Å². The van der Waals surface area contributed by atoms with Crippen LogP contribution >= 0.6 is 23.2 Å². The van der Waals surface area contributed by atoms with Gasteiger partial charge in [0.1, 0.15) is 5.54 Å². The van der Waals surface area contributed by atoms with Crippen LogP contribution in [0.15, 0.2) is 42.5 Å². The number of para-hydroxylation sites is 2. The number of carbonyl (C=O) groups excluding carboxylic acids is 2. The monoisotopic (exact) mass is 406 g/mol. The van der Waals surface area contributed by atoms with Gasteiger partial charge in [0.15, 0.2) is 0 Å². The highest BCUT2D eigenvalue weighted by atomic mass is 35.5. The zero-order valence-electron chi connectivity index (χ0n) is 15.1. The summed E-state index contributed by atoms with van der Waals surface area (Å²) in [6.45, 7) is 4.33. The van der Waals surface area contributed by atoms with E-state index in [-0.39, 0.29) is 12.5 Å². The number of anilines is 2. The topological polar surface area (TPSA) is 58.6 Å². The van der Waals surface area contributed by atoms with Gasteiger partial charge in [-0.3, -0.25) is 4.79 Å². The van der Waals surface area contributed by atoms with Gasteiger partial charge in [0.25, 0.3) is 5.91 Å². The third-order valence-electron chi connectivity index (χ3n) is 4.28. The van der Waals surface area contributed by atoms with E-state index in [1.807, 2.05) is 38.1 Å². The fraction of sp³-hybridized carbons (Fsp3) is 0.300. The number of hydrogen-bond acceptors (Lipinski definition) is 4. The van der Waals surface area contributed by atoms with Crippen LogP contribution in [0.25, 0.3) is 0 Å². The van der Waals surface area contributed by atoms with Crippen molar-refractivity contribution in [3.63, 3.8) is 0 Å². The summed E-state index contributed by atoms with van der Waals surface area (Å²) in [5, 5.41) is 4.00. The standard InChI is InChI=1S/C20H20Cl2N2O3/c1-20(2)19(26)24(17-7-4-3-6-16(17)23-20)8-5-9-27-18(25)13-10-14(21)12-15(22)11-13/h3-4,6-7,10-12,23H,5,8-9H2,1-2H3.